The third kappa shape index (κ3) is 6.94. The molecule has 3 N–H and O–H groups in total. The Morgan fingerprint density at radius 3 is 2.56 bits per heavy atom. The third-order valence-corrected chi connectivity index (χ3v) is 8.47. The van der Waals surface area contributed by atoms with Gasteiger partial charge in [-0.25, -0.2) is 0 Å². The van der Waals surface area contributed by atoms with E-state index in [9.17, 15) is 19.2 Å². The Hall–Kier alpha value is -3.48. The zero-order chi connectivity index (χ0) is 27.4. The molecule has 0 radical (unpaired) electrons. The summed E-state index contributed by atoms with van der Waals surface area (Å²) in [4.78, 5) is 49.3. The van der Waals surface area contributed by atoms with Crippen LogP contribution in [0.4, 0.5) is 11.4 Å². The molecular weight excluding hydrogens is 492 g/mol. The second-order valence-electron chi connectivity index (χ2n) is 11.4. The van der Waals surface area contributed by atoms with E-state index in [-0.39, 0.29) is 29.4 Å². The van der Waals surface area contributed by atoms with Gasteiger partial charge < -0.3 is 15.8 Å². The highest BCUT2D eigenvalue weighted by atomic mass is 16.5. The Kier molecular flexibility index (Phi) is 8.44. The van der Waals surface area contributed by atoms with E-state index < -0.39 is 0 Å². The number of Topliss-reactive ketones (excluding diaryl/α,β-unsaturated/α-hetero) is 2. The van der Waals surface area contributed by atoms with Crippen LogP contribution in [0.2, 0.25) is 0 Å². The second-order valence-corrected chi connectivity index (χ2v) is 11.4. The molecule has 0 aliphatic heterocycles. The summed E-state index contributed by atoms with van der Waals surface area (Å²) in [5, 5.41) is 2.92. The standard InChI is InChI=1S/C32H38N2O5/c33-25-11-13-28-21(17-25)9-10-22(32(28)38)15-23-16-24(23)19-39-31(37)8-3-1-2-7-30(36)34-26-12-14-27-20(18-26)5-4-6-29(27)35/h11-14,17-18,22-24H,1-10,15-16,19,33H2,(H,34,36)/t22?,23?,24-/m1/s1. The highest BCUT2D eigenvalue weighted by molar-refractivity contribution is 6.01. The van der Waals surface area contributed by atoms with Gasteiger partial charge in [-0.15, -0.1) is 0 Å². The number of aryl methyl sites for hydroxylation is 2. The smallest absolute Gasteiger partial charge is 0.305 e. The van der Waals surface area contributed by atoms with Crippen LogP contribution >= 0.6 is 0 Å². The van der Waals surface area contributed by atoms with E-state index in [0.717, 1.165) is 72.9 Å². The first kappa shape index (κ1) is 27.1. The van der Waals surface area contributed by atoms with Gasteiger partial charge in [0, 0.05) is 47.7 Å². The quantitative estimate of drug-likeness (QED) is 0.219. The fourth-order valence-electron chi connectivity index (χ4n) is 6.09. The highest BCUT2D eigenvalue weighted by Gasteiger charge is 2.41. The van der Waals surface area contributed by atoms with Gasteiger partial charge in [-0.3, -0.25) is 19.2 Å². The summed E-state index contributed by atoms with van der Waals surface area (Å²) in [6.07, 6.45) is 8.91. The fourth-order valence-corrected chi connectivity index (χ4v) is 6.09. The van der Waals surface area contributed by atoms with Crippen LogP contribution in [0.3, 0.4) is 0 Å². The first-order chi connectivity index (χ1) is 18.9. The Morgan fingerprint density at radius 1 is 0.897 bits per heavy atom. The molecule has 3 aliphatic rings. The summed E-state index contributed by atoms with van der Waals surface area (Å²) < 4.78 is 5.50. The predicted molar refractivity (Wildman–Crippen MR) is 150 cm³/mol. The lowest BCUT2D eigenvalue weighted by Gasteiger charge is -2.23. The van der Waals surface area contributed by atoms with Gasteiger partial charge in [-0.2, -0.15) is 0 Å². The fraction of sp³-hybridized carbons (Fsp3) is 0.500. The molecule has 3 aliphatic carbocycles. The highest BCUT2D eigenvalue weighted by Crippen LogP contribution is 2.45. The van der Waals surface area contributed by atoms with Gasteiger partial charge in [0.05, 0.1) is 6.61 Å². The van der Waals surface area contributed by atoms with Crippen molar-refractivity contribution in [2.75, 3.05) is 17.7 Å². The molecule has 206 valence electrons. The summed E-state index contributed by atoms with van der Waals surface area (Å²) >= 11 is 0. The molecule has 0 bridgehead atoms. The molecule has 0 spiro atoms. The number of benzene rings is 2. The molecule has 0 aromatic heterocycles. The number of rotatable bonds is 11. The lowest BCUT2D eigenvalue weighted by molar-refractivity contribution is -0.144. The van der Waals surface area contributed by atoms with Gasteiger partial charge in [0.25, 0.3) is 0 Å². The number of anilines is 2. The summed E-state index contributed by atoms with van der Waals surface area (Å²) in [6, 6.07) is 11.1. The molecule has 1 fully saturated rings. The number of hydrogen-bond acceptors (Lipinski definition) is 6. The molecule has 1 amide bonds. The lowest BCUT2D eigenvalue weighted by Crippen LogP contribution is -2.23. The Balaban J connectivity index is 0.927. The van der Waals surface area contributed by atoms with Crippen LogP contribution in [-0.4, -0.2) is 30.0 Å². The summed E-state index contributed by atoms with van der Waals surface area (Å²) in [6.45, 7) is 0.437. The van der Waals surface area contributed by atoms with E-state index in [1.807, 2.05) is 24.3 Å². The molecule has 0 saturated heterocycles. The van der Waals surface area contributed by atoms with Crippen molar-refractivity contribution in [1.82, 2.24) is 0 Å². The zero-order valence-electron chi connectivity index (χ0n) is 22.5. The maximum absolute atomic E-state index is 12.9. The van der Waals surface area contributed by atoms with Crippen molar-refractivity contribution in [3.8, 4) is 0 Å². The number of unbranched alkanes of at least 4 members (excludes halogenated alkanes) is 2. The number of esters is 1. The van der Waals surface area contributed by atoms with Crippen molar-refractivity contribution < 1.29 is 23.9 Å². The van der Waals surface area contributed by atoms with E-state index in [1.54, 1.807) is 12.1 Å². The lowest BCUT2D eigenvalue weighted by atomic mass is 9.80. The number of carbonyl (C=O) groups is 4. The number of nitrogens with two attached hydrogens (primary N) is 1. The largest absolute Gasteiger partial charge is 0.465 e. The van der Waals surface area contributed by atoms with Gasteiger partial charge in [-0.05, 0) is 111 Å². The number of fused-ring (bicyclic) bond motifs is 2. The number of amides is 1. The minimum Gasteiger partial charge on any atom is -0.465 e. The molecule has 3 atom stereocenters. The van der Waals surface area contributed by atoms with Crippen molar-refractivity contribution in [3.05, 3.63) is 58.7 Å². The molecule has 2 unspecified atom stereocenters. The van der Waals surface area contributed by atoms with Crippen LogP contribution in [0.15, 0.2) is 36.4 Å². The first-order valence-corrected chi connectivity index (χ1v) is 14.4. The van der Waals surface area contributed by atoms with Gasteiger partial charge in [0.2, 0.25) is 5.91 Å². The number of nitrogen functional groups attached to an aromatic ring is 1. The van der Waals surface area contributed by atoms with Crippen LogP contribution in [0.5, 0.6) is 0 Å². The van der Waals surface area contributed by atoms with Crippen LogP contribution in [0, 0.1) is 17.8 Å². The molecule has 39 heavy (non-hydrogen) atoms. The van der Waals surface area contributed by atoms with Crippen LogP contribution in [0.25, 0.3) is 0 Å². The maximum Gasteiger partial charge on any atom is 0.305 e. The molecule has 1 saturated carbocycles. The number of ketones is 2. The number of nitrogens with one attached hydrogen (secondary N) is 1. The Labute approximate surface area is 229 Å². The zero-order valence-corrected chi connectivity index (χ0v) is 22.5. The van der Waals surface area contributed by atoms with Gasteiger partial charge in [0.1, 0.15) is 0 Å². The van der Waals surface area contributed by atoms with Crippen molar-refractivity contribution in [1.29, 1.82) is 0 Å². The molecular formula is C32H38N2O5. The summed E-state index contributed by atoms with van der Waals surface area (Å²) in [5.74, 6) is 1.04. The SMILES string of the molecule is Nc1ccc2c(c1)CCC(CC1C[C@@H]1COC(=O)CCCCCC(=O)Nc1ccc3c(c1)CCCC3=O)C2=O. The Morgan fingerprint density at radius 2 is 1.69 bits per heavy atom. The van der Waals surface area contributed by atoms with Gasteiger partial charge in [0.15, 0.2) is 11.6 Å². The normalized spacial score (nSPS) is 21.6. The third-order valence-electron chi connectivity index (χ3n) is 8.47. The van der Waals surface area contributed by atoms with Crippen LogP contribution in [-0.2, 0) is 27.2 Å². The van der Waals surface area contributed by atoms with Crippen molar-refractivity contribution >= 4 is 34.8 Å². The average molecular weight is 531 g/mol. The van der Waals surface area contributed by atoms with Gasteiger partial charge >= 0.3 is 5.97 Å². The van der Waals surface area contributed by atoms with E-state index in [2.05, 4.69) is 5.32 Å². The van der Waals surface area contributed by atoms with E-state index in [4.69, 9.17) is 10.5 Å². The minimum absolute atomic E-state index is 0.0523. The maximum atomic E-state index is 12.9. The molecule has 7 heteroatoms. The molecule has 2 aromatic rings. The van der Waals surface area contributed by atoms with Crippen LogP contribution in [0.1, 0.15) is 96.1 Å². The summed E-state index contributed by atoms with van der Waals surface area (Å²) in [7, 11) is 0. The van der Waals surface area contributed by atoms with E-state index in [0.29, 0.717) is 56.2 Å². The number of hydrogen-bond donors (Lipinski definition) is 2. The second kappa shape index (κ2) is 12.1. The predicted octanol–water partition coefficient (Wildman–Crippen LogP) is 5.69. The average Bonchev–Trinajstić information content (AvgIpc) is 3.66. The molecule has 0 heterocycles. The monoisotopic (exact) mass is 530 g/mol. The van der Waals surface area contributed by atoms with E-state index in [1.165, 1.54) is 0 Å². The molecule has 2 aromatic carbocycles. The Bertz CT molecular complexity index is 1270. The number of ether oxygens (including phenoxy) is 1. The van der Waals surface area contributed by atoms with E-state index >= 15 is 0 Å². The molecule has 5 rings (SSSR count). The molecule has 7 nitrogen and oxygen atoms in total. The van der Waals surface area contributed by atoms with Crippen molar-refractivity contribution in [3.63, 3.8) is 0 Å². The topological polar surface area (TPSA) is 116 Å². The summed E-state index contributed by atoms with van der Waals surface area (Å²) in [5.41, 5.74) is 11.0. The van der Waals surface area contributed by atoms with Gasteiger partial charge in [-0.1, -0.05) is 6.42 Å². The van der Waals surface area contributed by atoms with Crippen LogP contribution < -0.4 is 11.1 Å². The van der Waals surface area contributed by atoms with Crippen molar-refractivity contribution in [2.45, 2.75) is 77.0 Å². The first-order valence-electron chi connectivity index (χ1n) is 14.4. The van der Waals surface area contributed by atoms with Crippen molar-refractivity contribution in [2.24, 2.45) is 17.8 Å². The minimum atomic E-state index is -0.186. The number of carbonyl (C=O) groups excluding carboxylic acids is 4.